The standard InChI is InChI=1S/C17H28ClN3/c1-12-8-9-21(13(2)10-12)16-7-6-14(18)15(20-16)11-19-17(3,4)5/h6-7,12-13,19H,8-11H2,1-5H3. The van der Waals surface area contributed by atoms with Crippen LogP contribution in [0.4, 0.5) is 5.82 Å². The van der Waals surface area contributed by atoms with Crippen LogP contribution in [0.5, 0.6) is 0 Å². The second kappa shape index (κ2) is 6.53. The molecule has 1 aromatic heterocycles. The molecule has 118 valence electrons. The molecule has 1 N–H and O–H groups in total. The number of rotatable bonds is 3. The van der Waals surface area contributed by atoms with Crippen LogP contribution in [0, 0.1) is 5.92 Å². The van der Waals surface area contributed by atoms with E-state index in [1.54, 1.807) is 0 Å². The van der Waals surface area contributed by atoms with Gasteiger partial charge in [-0.1, -0.05) is 18.5 Å². The van der Waals surface area contributed by atoms with E-state index < -0.39 is 0 Å². The lowest BCUT2D eigenvalue weighted by molar-refractivity contribution is 0.375. The summed E-state index contributed by atoms with van der Waals surface area (Å²) in [5.41, 5.74) is 1.00. The van der Waals surface area contributed by atoms with Crippen LogP contribution in [0.3, 0.4) is 0 Å². The molecule has 0 radical (unpaired) electrons. The molecule has 1 saturated heterocycles. The molecule has 4 heteroatoms. The van der Waals surface area contributed by atoms with Gasteiger partial charge in [0.15, 0.2) is 0 Å². The zero-order valence-corrected chi connectivity index (χ0v) is 14.7. The molecule has 2 unspecified atom stereocenters. The molecule has 0 amide bonds. The molecule has 0 aromatic carbocycles. The third kappa shape index (κ3) is 4.58. The van der Waals surface area contributed by atoms with Gasteiger partial charge in [0.25, 0.3) is 0 Å². The number of pyridine rings is 1. The molecular formula is C17H28ClN3. The van der Waals surface area contributed by atoms with Crippen molar-refractivity contribution >= 4 is 17.4 Å². The summed E-state index contributed by atoms with van der Waals surface area (Å²) in [7, 11) is 0. The summed E-state index contributed by atoms with van der Waals surface area (Å²) in [6.45, 7) is 12.9. The number of piperidine rings is 1. The van der Waals surface area contributed by atoms with E-state index in [1.807, 2.05) is 6.07 Å². The molecule has 2 rings (SSSR count). The maximum atomic E-state index is 6.30. The smallest absolute Gasteiger partial charge is 0.129 e. The van der Waals surface area contributed by atoms with Crippen molar-refractivity contribution in [2.24, 2.45) is 5.92 Å². The van der Waals surface area contributed by atoms with Crippen LogP contribution in [-0.4, -0.2) is 23.1 Å². The van der Waals surface area contributed by atoms with Crippen LogP contribution >= 0.6 is 11.6 Å². The largest absolute Gasteiger partial charge is 0.354 e. The molecule has 21 heavy (non-hydrogen) atoms. The van der Waals surface area contributed by atoms with E-state index in [0.29, 0.717) is 12.6 Å². The fourth-order valence-electron chi connectivity index (χ4n) is 2.85. The first-order chi connectivity index (χ1) is 9.76. The molecule has 1 aliphatic heterocycles. The van der Waals surface area contributed by atoms with Crippen LogP contribution < -0.4 is 10.2 Å². The second-order valence-corrected chi connectivity index (χ2v) is 7.78. The first kappa shape index (κ1) is 16.6. The molecule has 1 aromatic rings. The lowest BCUT2D eigenvalue weighted by atomic mass is 9.93. The zero-order valence-electron chi connectivity index (χ0n) is 13.9. The number of halogens is 1. The second-order valence-electron chi connectivity index (χ2n) is 7.37. The van der Waals surface area contributed by atoms with Crippen molar-refractivity contribution in [1.29, 1.82) is 0 Å². The number of hydrogen-bond donors (Lipinski definition) is 1. The van der Waals surface area contributed by atoms with Crippen molar-refractivity contribution in [3.05, 3.63) is 22.8 Å². The molecule has 0 bridgehead atoms. The highest BCUT2D eigenvalue weighted by Crippen LogP contribution is 2.28. The SMILES string of the molecule is CC1CCN(c2ccc(Cl)c(CNC(C)(C)C)n2)C(C)C1. The number of anilines is 1. The summed E-state index contributed by atoms with van der Waals surface area (Å²) in [6, 6.07) is 4.58. The van der Waals surface area contributed by atoms with Crippen molar-refractivity contribution in [3.63, 3.8) is 0 Å². The van der Waals surface area contributed by atoms with E-state index in [1.165, 1.54) is 12.8 Å². The number of nitrogens with zero attached hydrogens (tertiary/aromatic N) is 2. The fourth-order valence-corrected chi connectivity index (χ4v) is 3.03. The summed E-state index contributed by atoms with van der Waals surface area (Å²) in [5, 5.41) is 4.21. The Balaban J connectivity index is 2.14. The molecule has 0 aliphatic carbocycles. The first-order valence-electron chi connectivity index (χ1n) is 7.93. The molecular weight excluding hydrogens is 282 g/mol. The van der Waals surface area contributed by atoms with E-state index in [0.717, 1.165) is 29.0 Å². The molecule has 1 aliphatic rings. The Kier molecular flexibility index (Phi) is 5.15. The van der Waals surface area contributed by atoms with Crippen LogP contribution in [0.25, 0.3) is 0 Å². The number of hydrogen-bond acceptors (Lipinski definition) is 3. The minimum atomic E-state index is 0.0643. The Hall–Kier alpha value is -0.800. The third-order valence-electron chi connectivity index (χ3n) is 4.12. The Morgan fingerprint density at radius 2 is 2.05 bits per heavy atom. The highest BCUT2D eigenvalue weighted by Gasteiger charge is 2.24. The topological polar surface area (TPSA) is 28.2 Å². The molecule has 3 nitrogen and oxygen atoms in total. The van der Waals surface area contributed by atoms with Gasteiger partial charge in [-0.05, 0) is 58.6 Å². The summed E-state index contributed by atoms with van der Waals surface area (Å²) >= 11 is 6.30. The lowest BCUT2D eigenvalue weighted by Gasteiger charge is -2.37. The lowest BCUT2D eigenvalue weighted by Crippen LogP contribution is -2.41. The Bertz CT molecular complexity index is 481. The van der Waals surface area contributed by atoms with Crippen molar-refractivity contribution in [3.8, 4) is 0 Å². The summed E-state index contributed by atoms with van der Waals surface area (Å²) in [6.07, 6.45) is 2.48. The van der Waals surface area contributed by atoms with Crippen molar-refractivity contribution < 1.29 is 0 Å². The normalized spacial score (nSPS) is 23.4. The molecule has 0 saturated carbocycles. The molecule has 2 heterocycles. The van der Waals surface area contributed by atoms with Gasteiger partial charge in [0, 0.05) is 24.7 Å². The maximum Gasteiger partial charge on any atom is 0.129 e. The van der Waals surface area contributed by atoms with Gasteiger partial charge in [-0.2, -0.15) is 0 Å². The van der Waals surface area contributed by atoms with Gasteiger partial charge in [0.2, 0.25) is 0 Å². The Morgan fingerprint density at radius 1 is 1.33 bits per heavy atom. The molecule has 2 atom stereocenters. The van der Waals surface area contributed by atoms with Gasteiger partial charge in [-0.3, -0.25) is 0 Å². The maximum absolute atomic E-state index is 6.30. The van der Waals surface area contributed by atoms with Gasteiger partial charge in [0.05, 0.1) is 10.7 Å². The summed E-state index contributed by atoms with van der Waals surface area (Å²) in [4.78, 5) is 7.22. The highest BCUT2D eigenvalue weighted by molar-refractivity contribution is 6.31. The Labute approximate surface area is 134 Å². The molecule has 0 spiro atoms. The van der Waals surface area contributed by atoms with Crippen LogP contribution in [0.2, 0.25) is 5.02 Å². The van der Waals surface area contributed by atoms with E-state index in [9.17, 15) is 0 Å². The minimum absolute atomic E-state index is 0.0643. The van der Waals surface area contributed by atoms with Crippen molar-refractivity contribution in [2.75, 3.05) is 11.4 Å². The predicted molar refractivity (Wildman–Crippen MR) is 91.0 cm³/mol. The van der Waals surface area contributed by atoms with Crippen molar-refractivity contribution in [1.82, 2.24) is 10.3 Å². The van der Waals surface area contributed by atoms with E-state index in [2.05, 4.69) is 50.9 Å². The average Bonchev–Trinajstić information content (AvgIpc) is 2.37. The van der Waals surface area contributed by atoms with Gasteiger partial charge in [-0.25, -0.2) is 4.98 Å². The number of nitrogens with one attached hydrogen (secondary N) is 1. The minimum Gasteiger partial charge on any atom is -0.354 e. The van der Waals surface area contributed by atoms with Crippen LogP contribution in [0.1, 0.15) is 53.2 Å². The van der Waals surface area contributed by atoms with Crippen LogP contribution in [0.15, 0.2) is 12.1 Å². The third-order valence-corrected chi connectivity index (χ3v) is 4.47. The first-order valence-corrected chi connectivity index (χ1v) is 8.31. The fraction of sp³-hybridized carbons (Fsp3) is 0.706. The molecule has 1 fully saturated rings. The summed E-state index contributed by atoms with van der Waals surface area (Å²) in [5.74, 6) is 1.87. The monoisotopic (exact) mass is 309 g/mol. The van der Waals surface area contributed by atoms with Gasteiger partial charge in [-0.15, -0.1) is 0 Å². The van der Waals surface area contributed by atoms with E-state index >= 15 is 0 Å². The van der Waals surface area contributed by atoms with Gasteiger partial charge in [0.1, 0.15) is 5.82 Å². The van der Waals surface area contributed by atoms with Crippen molar-refractivity contribution in [2.45, 2.75) is 65.6 Å². The zero-order chi connectivity index (χ0) is 15.6. The highest BCUT2D eigenvalue weighted by atomic mass is 35.5. The van der Waals surface area contributed by atoms with E-state index in [-0.39, 0.29) is 5.54 Å². The summed E-state index contributed by atoms with van der Waals surface area (Å²) < 4.78 is 0. The Morgan fingerprint density at radius 3 is 2.67 bits per heavy atom. The van der Waals surface area contributed by atoms with Crippen LogP contribution in [-0.2, 0) is 6.54 Å². The average molecular weight is 310 g/mol. The van der Waals surface area contributed by atoms with Gasteiger partial charge >= 0.3 is 0 Å². The number of aromatic nitrogens is 1. The predicted octanol–water partition coefficient (Wildman–Crippen LogP) is 4.25. The van der Waals surface area contributed by atoms with E-state index in [4.69, 9.17) is 16.6 Å². The quantitative estimate of drug-likeness (QED) is 0.905. The van der Waals surface area contributed by atoms with Gasteiger partial charge < -0.3 is 10.2 Å².